The molecule has 6 nitrogen and oxygen atoms in total. The lowest BCUT2D eigenvalue weighted by Crippen LogP contribution is -2.50. The van der Waals surface area contributed by atoms with Crippen LogP contribution in [-0.2, 0) is 20.0 Å². The summed E-state index contributed by atoms with van der Waals surface area (Å²) in [6, 6.07) is 7.38. The Labute approximate surface area is 163 Å². The summed E-state index contributed by atoms with van der Waals surface area (Å²) in [6.07, 6.45) is 0. The molecule has 0 radical (unpaired) electrons. The van der Waals surface area contributed by atoms with Crippen molar-refractivity contribution in [2.45, 2.75) is 23.6 Å². The second-order valence-corrected chi connectivity index (χ2v) is 10.5. The molecule has 152 valence electrons. The standard InChI is InChI=1S/C18H20F2N2O4S2/c1-13-3-4-14(2)18(11-13)28(25,26)22-9-7-21(8-10-22)27(23,24)17-6-5-15(19)12-16(17)20/h3-6,11-12H,7-10H2,1-2H3. The van der Waals surface area contributed by atoms with Crippen LogP contribution < -0.4 is 0 Å². The van der Waals surface area contributed by atoms with E-state index in [-0.39, 0.29) is 31.1 Å². The van der Waals surface area contributed by atoms with Gasteiger partial charge in [0.25, 0.3) is 0 Å². The van der Waals surface area contributed by atoms with Gasteiger partial charge < -0.3 is 0 Å². The Morgan fingerprint density at radius 1 is 0.750 bits per heavy atom. The fourth-order valence-corrected chi connectivity index (χ4v) is 6.30. The molecule has 2 aromatic rings. The Morgan fingerprint density at radius 3 is 1.82 bits per heavy atom. The molecule has 0 bridgehead atoms. The van der Waals surface area contributed by atoms with Crippen molar-refractivity contribution in [1.82, 2.24) is 8.61 Å². The molecule has 0 unspecified atom stereocenters. The summed E-state index contributed by atoms with van der Waals surface area (Å²) in [4.78, 5) is -0.437. The maximum absolute atomic E-state index is 13.9. The number of nitrogens with zero attached hydrogens (tertiary/aromatic N) is 2. The summed E-state index contributed by atoms with van der Waals surface area (Å²) < 4.78 is 80.4. The minimum absolute atomic E-state index is 0.0578. The van der Waals surface area contributed by atoms with Crippen LogP contribution in [0.1, 0.15) is 11.1 Å². The fraction of sp³-hybridized carbons (Fsp3) is 0.333. The first-order valence-corrected chi connectivity index (χ1v) is 11.4. The molecule has 0 aromatic heterocycles. The van der Waals surface area contributed by atoms with Gasteiger partial charge in [0.15, 0.2) is 0 Å². The van der Waals surface area contributed by atoms with Gasteiger partial charge in [0, 0.05) is 32.2 Å². The Balaban J connectivity index is 1.81. The summed E-state index contributed by atoms with van der Waals surface area (Å²) in [5.41, 5.74) is 1.41. The van der Waals surface area contributed by atoms with E-state index in [0.29, 0.717) is 11.6 Å². The number of rotatable bonds is 4. The molecule has 0 saturated carbocycles. The SMILES string of the molecule is Cc1ccc(C)c(S(=O)(=O)N2CCN(S(=O)(=O)c3ccc(F)cc3F)CC2)c1. The van der Waals surface area contributed by atoms with Crippen molar-refractivity contribution in [3.63, 3.8) is 0 Å². The number of benzene rings is 2. The molecule has 1 aliphatic heterocycles. The van der Waals surface area contributed by atoms with Crippen LogP contribution in [0, 0.1) is 25.5 Å². The average molecular weight is 430 g/mol. The van der Waals surface area contributed by atoms with E-state index in [4.69, 9.17) is 0 Å². The second-order valence-electron chi connectivity index (χ2n) is 6.65. The van der Waals surface area contributed by atoms with E-state index >= 15 is 0 Å². The predicted molar refractivity (Wildman–Crippen MR) is 99.8 cm³/mol. The maximum Gasteiger partial charge on any atom is 0.246 e. The molecule has 0 N–H and O–H groups in total. The number of hydrogen-bond acceptors (Lipinski definition) is 4. The van der Waals surface area contributed by atoms with Gasteiger partial charge in [0.1, 0.15) is 16.5 Å². The monoisotopic (exact) mass is 430 g/mol. The Morgan fingerprint density at radius 2 is 1.29 bits per heavy atom. The summed E-state index contributed by atoms with van der Waals surface area (Å²) in [7, 11) is -7.96. The van der Waals surface area contributed by atoms with Crippen LogP contribution in [0.25, 0.3) is 0 Å². The first kappa shape index (κ1) is 20.8. The molecule has 1 fully saturated rings. The smallest absolute Gasteiger partial charge is 0.207 e. The highest BCUT2D eigenvalue weighted by atomic mass is 32.2. The van der Waals surface area contributed by atoms with Crippen LogP contribution in [-0.4, -0.2) is 51.6 Å². The van der Waals surface area contributed by atoms with Gasteiger partial charge in [-0.3, -0.25) is 0 Å². The van der Waals surface area contributed by atoms with Crippen LogP contribution in [0.15, 0.2) is 46.2 Å². The number of piperazine rings is 1. The Kier molecular flexibility index (Phi) is 5.59. The average Bonchev–Trinajstić information content (AvgIpc) is 2.63. The van der Waals surface area contributed by atoms with Gasteiger partial charge in [-0.25, -0.2) is 25.6 Å². The summed E-state index contributed by atoms with van der Waals surface area (Å²) >= 11 is 0. The normalized spacial score (nSPS) is 17.0. The minimum Gasteiger partial charge on any atom is -0.207 e. The molecular weight excluding hydrogens is 410 g/mol. The summed E-state index contributed by atoms with van der Waals surface area (Å²) in [5.74, 6) is -2.05. The highest BCUT2D eigenvalue weighted by molar-refractivity contribution is 7.89. The van der Waals surface area contributed by atoms with Gasteiger partial charge in [-0.2, -0.15) is 8.61 Å². The number of hydrogen-bond donors (Lipinski definition) is 0. The molecule has 0 aliphatic carbocycles. The van der Waals surface area contributed by atoms with E-state index in [2.05, 4.69) is 0 Å². The van der Waals surface area contributed by atoms with Crippen molar-refractivity contribution in [3.05, 3.63) is 59.2 Å². The van der Waals surface area contributed by atoms with Crippen molar-refractivity contribution < 1.29 is 25.6 Å². The van der Waals surface area contributed by atoms with E-state index < -0.39 is 36.6 Å². The van der Waals surface area contributed by atoms with Gasteiger partial charge in [0.05, 0.1) is 4.90 Å². The zero-order valence-corrected chi connectivity index (χ0v) is 17.0. The molecule has 2 aromatic carbocycles. The highest BCUT2D eigenvalue weighted by Crippen LogP contribution is 2.25. The molecule has 3 rings (SSSR count). The van der Waals surface area contributed by atoms with Crippen LogP contribution in [0.5, 0.6) is 0 Å². The zero-order chi connectivity index (χ0) is 20.7. The van der Waals surface area contributed by atoms with Crippen LogP contribution in [0.2, 0.25) is 0 Å². The number of sulfonamides is 2. The molecule has 1 aliphatic rings. The highest BCUT2D eigenvalue weighted by Gasteiger charge is 2.35. The van der Waals surface area contributed by atoms with E-state index in [1.54, 1.807) is 26.0 Å². The second kappa shape index (κ2) is 7.51. The largest absolute Gasteiger partial charge is 0.246 e. The molecule has 0 spiro atoms. The lowest BCUT2D eigenvalue weighted by molar-refractivity contribution is 0.272. The van der Waals surface area contributed by atoms with E-state index in [1.165, 1.54) is 4.31 Å². The third kappa shape index (κ3) is 3.82. The molecule has 0 atom stereocenters. The van der Waals surface area contributed by atoms with E-state index in [0.717, 1.165) is 22.0 Å². The predicted octanol–water partition coefficient (Wildman–Crippen LogP) is 2.28. The zero-order valence-electron chi connectivity index (χ0n) is 15.4. The van der Waals surface area contributed by atoms with Crippen LogP contribution in [0.4, 0.5) is 8.78 Å². The van der Waals surface area contributed by atoms with Gasteiger partial charge >= 0.3 is 0 Å². The molecule has 1 heterocycles. The maximum atomic E-state index is 13.9. The van der Waals surface area contributed by atoms with Crippen LogP contribution >= 0.6 is 0 Å². The topological polar surface area (TPSA) is 74.8 Å². The van der Waals surface area contributed by atoms with Crippen molar-refractivity contribution >= 4 is 20.0 Å². The lowest BCUT2D eigenvalue weighted by atomic mass is 10.2. The van der Waals surface area contributed by atoms with Gasteiger partial charge in [-0.15, -0.1) is 0 Å². The fourth-order valence-electron chi connectivity index (χ4n) is 3.10. The molecule has 1 saturated heterocycles. The van der Waals surface area contributed by atoms with Crippen molar-refractivity contribution in [2.75, 3.05) is 26.2 Å². The van der Waals surface area contributed by atoms with Crippen molar-refractivity contribution in [3.8, 4) is 0 Å². The van der Waals surface area contributed by atoms with Crippen molar-refractivity contribution in [2.24, 2.45) is 0 Å². The molecule has 0 amide bonds. The summed E-state index contributed by atoms with van der Waals surface area (Å²) in [6.45, 7) is 3.13. The quantitative estimate of drug-likeness (QED) is 0.746. The van der Waals surface area contributed by atoms with Gasteiger partial charge in [-0.1, -0.05) is 12.1 Å². The van der Waals surface area contributed by atoms with Gasteiger partial charge in [0.2, 0.25) is 20.0 Å². The van der Waals surface area contributed by atoms with Gasteiger partial charge in [-0.05, 0) is 43.2 Å². The first-order valence-electron chi connectivity index (χ1n) is 8.56. The minimum atomic E-state index is -4.19. The molecule has 28 heavy (non-hydrogen) atoms. The van der Waals surface area contributed by atoms with Crippen LogP contribution in [0.3, 0.4) is 0 Å². The third-order valence-corrected chi connectivity index (χ3v) is 8.64. The lowest BCUT2D eigenvalue weighted by Gasteiger charge is -2.33. The Hall–Kier alpha value is -1.88. The van der Waals surface area contributed by atoms with Crippen molar-refractivity contribution in [1.29, 1.82) is 0 Å². The van der Waals surface area contributed by atoms with E-state index in [1.807, 2.05) is 6.07 Å². The molecular formula is C18H20F2N2O4S2. The Bertz CT molecular complexity index is 1110. The first-order chi connectivity index (χ1) is 13.0. The number of aryl methyl sites for hydroxylation is 2. The van der Waals surface area contributed by atoms with E-state index in [9.17, 15) is 25.6 Å². The summed E-state index contributed by atoms with van der Waals surface area (Å²) in [5, 5.41) is 0. The third-order valence-electron chi connectivity index (χ3n) is 4.67. The molecule has 10 heteroatoms. The number of halogens is 2.